The van der Waals surface area contributed by atoms with Crippen molar-refractivity contribution < 1.29 is 0 Å². The van der Waals surface area contributed by atoms with Crippen LogP contribution in [0.1, 0.15) is 17.7 Å². The Hall–Kier alpha value is -0.650. The van der Waals surface area contributed by atoms with Crippen molar-refractivity contribution in [1.82, 2.24) is 4.98 Å². The summed E-state index contributed by atoms with van der Waals surface area (Å²) in [5.74, 6) is 5.69. The molecule has 88 valence electrons. The zero-order chi connectivity index (χ0) is 12.0. The Kier molecular flexibility index (Phi) is 2.84. The van der Waals surface area contributed by atoms with Gasteiger partial charge in [-0.2, -0.15) is 0 Å². The van der Waals surface area contributed by atoms with Crippen LogP contribution in [0.4, 0.5) is 5.69 Å². The number of halogens is 2. The highest BCUT2D eigenvalue weighted by Crippen LogP contribution is 2.39. The van der Waals surface area contributed by atoms with Gasteiger partial charge in [0.05, 0.1) is 11.2 Å². The predicted molar refractivity (Wildman–Crippen MR) is 77.0 cm³/mol. The maximum absolute atomic E-state index is 5.69. The number of aryl methyl sites for hydroxylation is 1. The second-order valence-electron chi connectivity index (χ2n) is 4.16. The predicted octanol–water partition coefficient (Wildman–Crippen LogP) is 3.53. The molecule has 1 aliphatic rings. The third-order valence-corrected chi connectivity index (χ3v) is 4.51. The van der Waals surface area contributed by atoms with E-state index in [1.165, 1.54) is 11.3 Å². The molecule has 17 heavy (non-hydrogen) atoms. The summed E-state index contributed by atoms with van der Waals surface area (Å²) >= 11 is 7.13. The van der Waals surface area contributed by atoms with Crippen LogP contribution < -0.4 is 11.3 Å². The third-order valence-electron chi connectivity index (χ3n) is 3.21. The third kappa shape index (κ3) is 1.68. The minimum Gasteiger partial charge on any atom is -0.323 e. The molecule has 1 heterocycles. The van der Waals surface area contributed by atoms with Gasteiger partial charge in [0.2, 0.25) is 0 Å². The Bertz CT molecular complexity index is 610. The van der Waals surface area contributed by atoms with Gasteiger partial charge in [0.15, 0.2) is 0 Å². The fraction of sp³-hybridized carbons (Fsp3) is 0.250. The van der Waals surface area contributed by atoms with Gasteiger partial charge in [-0.25, -0.2) is 0 Å². The van der Waals surface area contributed by atoms with Crippen molar-refractivity contribution in [1.29, 1.82) is 0 Å². The number of aromatic nitrogens is 1. The number of hydrazine groups is 1. The van der Waals surface area contributed by atoms with Gasteiger partial charge in [-0.15, -0.1) is 0 Å². The molecule has 0 aliphatic heterocycles. The minimum absolute atomic E-state index is 0.966. The van der Waals surface area contributed by atoms with E-state index in [2.05, 4.69) is 37.3 Å². The second-order valence-corrected chi connectivity index (χ2v) is 5.87. The number of nitrogens with two attached hydrogens (primary N) is 1. The van der Waals surface area contributed by atoms with Crippen LogP contribution in [0, 0.1) is 0 Å². The quantitative estimate of drug-likeness (QED) is 0.607. The van der Waals surface area contributed by atoms with Gasteiger partial charge in [0.1, 0.15) is 0 Å². The fourth-order valence-electron chi connectivity index (χ4n) is 2.45. The molecule has 3 nitrogen and oxygen atoms in total. The molecule has 5 heteroatoms. The molecule has 3 rings (SSSR count). The average Bonchev–Trinajstić information content (AvgIpc) is 2.79. The molecular formula is C12H11Br2N3. The van der Waals surface area contributed by atoms with Crippen molar-refractivity contribution in [3.8, 4) is 0 Å². The Balaban J connectivity index is 2.49. The number of benzene rings is 1. The van der Waals surface area contributed by atoms with Crippen molar-refractivity contribution in [3.63, 3.8) is 0 Å². The topological polar surface area (TPSA) is 50.9 Å². The number of nitrogens with one attached hydrogen (secondary N) is 1. The van der Waals surface area contributed by atoms with E-state index in [0.29, 0.717) is 0 Å². The van der Waals surface area contributed by atoms with Crippen LogP contribution in [0.5, 0.6) is 0 Å². The average molecular weight is 357 g/mol. The van der Waals surface area contributed by atoms with Gasteiger partial charge >= 0.3 is 0 Å². The number of hydrogen-bond donors (Lipinski definition) is 2. The fourth-order valence-corrected chi connectivity index (χ4v) is 3.39. The molecule has 0 amide bonds. The van der Waals surface area contributed by atoms with Crippen LogP contribution in [-0.2, 0) is 12.8 Å². The van der Waals surface area contributed by atoms with Crippen molar-refractivity contribution in [2.45, 2.75) is 19.3 Å². The van der Waals surface area contributed by atoms with E-state index in [1.54, 1.807) is 0 Å². The highest BCUT2D eigenvalue weighted by Gasteiger charge is 2.21. The van der Waals surface area contributed by atoms with Gasteiger partial charge < -0.3 is 5.43 Å². The first kappa shape index (κ1) is 11.4. The van der Waals surface area contributed by atoms with Crippen LogP contribution in [0.3, 0.4) is 0 Å². The Morgan fingerprint density at radius 1 is 1.18 bits per heavy atom. The van der Waals surface area contributed by atoms with Crippen LogP contribution in [0.2, 0.25) is 0 Å². The molecule has 0 unspecified atom stereocenters. The number of anilines is 1. The molecule has 0 atom stereocenters. The van der Waals surface area contributed by atoms with E-state index in [9.17, 15) is 0 Å². The standard InChI is InChI=1S/C12H11Br2N3/c13-7-4-5-8(14)12-10(7)11(17-15)6-2-1-3-9(6)16-12/h4-5H,1-3,15H2,(H,16,17). The maximum atomic E-state index is 5.69. The van der Waals surface area contributed by atoms with E-state index in [-0.39, 0.29) is 0 Å². The number of hydrogen-bond acceptors (Lipinski definition) is 3. The van der Waals surface area contributed by atoms with Crippen LogP contribution in [0.25, 0.3) is 10.9 Å². The molecule has 0 saturated carbocycles. The second kappa shape index (κ2) is 4.23. The van der Waals surface area contributed by atoms with E-state index in [1.807, 2.05) is 12.1 Å². The number of rotatable bonds is 1. The molecule has 0 spiro atoms. The summed E-state index contributed by atoms with van der Waals surface area (Å²) in [6.45, 7) is 0. The van der Waals surface area contributed by atoms with E-state index >= 15 is 0 Å². The van der Waals surface area contributed by atoms with Crippen molar-refractivity contribution >= 4 is 48.5 Å². The zero-order valence-corrected chi connectivity index (χ0v) is 12.2. The van der Waals surface area contributed by atoms with Crippen molar-refractivity contribution in [3.05, 3.63) is 32.3 Å². The lowest BCUT2D eigenvalue weighted by molar-refractivity contribution is 0.901. The normalized spacial score (nSPS) is 14.1. The molecule has 1 aliphatic carbocycles. The summed E-state index contributed by atoms with van der Waals surface area (Å²) in [5.41, 5.74) is 7.26. The van der Waals surface area contributed by atoms with Gasteiger partial charge in [0.25, 0.3) is 0 Å². The van der Waals surface area contributed by atoms with Crippen LogP contribution in [-0.4, -0.2) is 4.98 Å². The van der Waals surface area contributed by atoms with Gasteiger partial charge in [0, 0.05) is 20.0 Å². The van der Waals surface area contributed by atoms with Crippen molar-refractivity contribution in [2.75, 3.05) is 5.43 Å². The summed E-state index contributed by atoms with van der Waals surface area (Å²) in [6, 6.07) is 4.01. The maximum Gasteiger partial charge on any atom is 0.0880 e. The van der Waals surface area contributed by atoms with E-state index < -0.39 is 0 Å². The Labute approximate surface area is 116 Å². The summed E-state index contributed by atoms with van der Waals surface area (Å²) in [6.07, 6.45) is 3.25. The minimum atomic E-state index is 0.966. The highest BCUT2D eigenvalue weighted by molar-refractivity contribution is 9.11. The first-order valence-electron chi connectivity index (χ1n) is 5.48. The van der Waals surface area contributed by atoms with Gasteiger partial charge in [-0.1, -0.05) is 15.9 Å². The monoisotopic (exact) mass is 355 g/mol. The summed E-state index contributed by atoms with van der Waals surface area (Å²) < 4.78 is 2.02. The summed E-state index contributed by atoms with van der Waals surface area (Å²) in [5, 5.41) is 1.06. The molecule has 3 N–H and O–H groups in total. The van der Waals surface area contributed by atoms with Crippen LogP contribution in [0.15, 0.2) is 21.1 Å². The molecule has 0 bridgehead atoms. The molecule has 0 saturated heterocycles. The lowest BCUT2D eigenvalue weighted by Gasteiger charge is -2.13. The SMILES string of the molecule is NNc1c2c(nc3c(Br)ccc(Br)c13)CCC2. The smallest absolute Gasteiger partial charge is 0.0880 e. The molecule has 1 aromatic carbocycles. The van der Waals surface area contributed by atoms with Crippen LogP contribution >= 0.6 is 31.9 Å². The summed E-state index contributed by atoms with van der Waals surface area (Å²) in [4.78, 5) is 4.75. The Morgan fingerprint density at radius 3 is 2.71 bits per heavy atom. The number of fused-ring (bicyclic) bond motifs is 2. The first-order valence-corrected chi connectivity index (χ1v) is 7.07. The highest BCUT2D eigenvalue weighted by atomic mass is 79.9. The molecule has 1 aromatic heterocycles. The number of nitrogens with zero attached hydrogens (tertiary/aromatic N) is 1. The van der Waals surface area contributed by atoms with E-state index in [0.717, 1.165) is 44.8 Å². The molecule has 0 fully saturated rings. The lowest BCUT2D eigenvalue weighted by atomic mass is 10.1. The van der Waals surface area contributed by atoms with Gasteiger partial charge in [-0.05, 0) is 52.9 Å². The number of pyridine rings is 1. The Morgan fingerprint density at radius 2 is 1.94 bits per heavy atom. The largest absolute Gasteiger partial charge is 0.323 e. The molecular weight excluding hydrogens is 346 g/mol. The molecule has 0 radical (unpaired) electrons. The van der Waals surface area contributed by atoms with E-state index in [4.69, 9.17) is 10.8 Å². The van der Waals surface area contributed by atoms with Gasteiger partial charge in [-0.3, -0.25) is 10.8 Å². The zero-order valence-electron chi connectivity index (χ0n) is 9.06. The lowest BCUT2D eigenvalue weighted by Crippen LogP contribution is -2.11. The van der Waals surface area contributed by atoms with Crippen molar-refractivity contribution in [2.24, 2.45) is 5.84 Å². The summed E-state index contributed by atoms with van der Waals surface area (Å²) in [7, 11) is 0. The number of nitrogen functional groups attached to an aromatic ring is 1. The first-order chi connectivity index (χ1) is 8.22. The molecule has 2 aromatic rings.